The monoisotopic (exact) mass is 768 g/mol. The molecule has 0 saturated carbocycles. The van der Waals surface area contributed by atoms with E-state index in [-0.39, 0.29) is 13.0 Å². The molecular weight excluding hydrogens is 693 g/mol. The zero-order valence-electron chi connectivity index (χ0n) is 33.1. The molecule has 0 fully saturated rings. The Hall–Kier alpha value is -2.33. The van der Waals surface area contributed by atoms with Crippen molar-refractivity contribution in [3.8, 4) is 0 Å². The lowest BCUT2D eigenvalue weighted by Gasteiger charge is -2.20. The zero-order valence-corrected chi connectivity index (χ0v) is 34.0. The Labute approximate surface area is 322 Å². The molecule has 306 valence electrons. The van der Waals surface area contributed by atoms with Crippen molar-refractivity contribution in [1.82, 2.24) is 0 Å². The maximum absolute atomic E-state index is 12.6. The molecule has 0 radical (unpaired) electrons. The lowest BCUT2D eigenvalue weighted by molar-refractivity contribution is -0.154. The molecule has 0 spiro atoms. The molecule has 0 saturated heterocycles. The summed E-state index contributed by atoms with van der Waals surface area (Å²) in [6.07, 6.45) is 44.4. The van der Waals surface area contributed by atoms with E-state index in [1.807, 2.05) is 6.08 Å². The number of allylic oxidation sites excluding steroid dienone is 9. The molecule has 0 aromatic carbocycles. The van der Waals surface area contributed by atoms with E-state index in [0.717, 1.165) is 51.4 Å². The zero-order chi connectivity index (χ0) is 39.1. The van der Waals surface area contributed by atoms with Crippen LogP contribution in [0, 0.1) is 0 Å². The van der Waals surface area contributed by atoms with Gasteiger partial charge in [0.2, 0.25) is 0 Å². The molecule has 3 unspecified atom stereocenters. The molecular formula is C42H74NO9P. The third kappa shape index (κ3) is 37.8. The molecule has 0 aliphatic carbocycles. The number of ether oxygens (including phenoxy) is 2. The highest BCUT2D eigenvalue weighted by molar-refractivity contribution is 7.47. The molecule has 10 nitrogen and oxygen atoms in total. The molecule has 0 rings (SSSR count). The van der Waals surface area contributed by atoms with E-state index in [4.69, 9.17) is 24.8 Å². The molecule has 0 amide bonds. The number of rotatable bonds is 38. The maximum Gasteiger partial charge on any atom is 0.472 e. The maximum atomic E-state index is 12.6. The van der Waals surface area contributed by atoms with E-state index in [1.54, 1.807) is 0 Å². The van der Waals surface area contributed by atoms with Crippen LogP contribution in [0.15, 0.2) is 60.8 Å². The fourth-order valence-electron chi connectivity index (χ4n) is 5.20. The number of unbranched alkanes of at least 4 members (excludes halogenated alkanes) is 14. The first-order chi connectivity index (χ1) is 25.7. The minimum atomic E-state index is -4.63. The van der Waals surface area contributed by atoms with Crippen LogP contribution in [0.3, 0.4) is 0 Å². The highest BCUT2D eigenvalue weighted by Gasteiger charge is 2.27. The second kappa shape index (κ2) is 38.0. The fraction of sp³-hybridized carbons (Fsp3) is 0.714. The summed E-state index contributed by atoms with van der Waals surface area (Å²) in [5, 5.41) is 8.88. The van der Waals surface area contributed by atoms with Crippen molar-refractivity contribution in [2.45, 2.75) is 167 Å². The summed E-state index contributed by atoms with van der Waals surface area (Å²) in [7, 11) is -4.63. The van der Waals surface area contributed by atoms with Crippen molar-refractivity contribution >= 4 is 19.8 Å². The number of aliphatic carboxylic acids is 1. The van der Waals surface area contributed by atoms with Crippen LogP contribution in [0.25, 0.3) is 0 Å². The van der Waals surface area contributed by atoms with Crippen LogP contribution in [0.4, 0.5) is 0 Å². The first kappa shape index (κ1) is 50.7. The van der Waals surface area contributed by atoms with Gasteiger partial charge < -0.3 is 25.2 Å². The predicted molar refractivity (Wildman–Crippen MR) is 217 cm³/mol. The molecule has 0 heterocycles. The molecule has 0 aliphatic rings. The normalized spacial score (nSPS) is 14.6. The van der Waals surface area contributed by atoms with Crippen LogP contribution in [-0.4, -0.2) is 60.5 Å². The van der Waals surface area contributed by atoms with Gasteiger partial charge in [-0.2, -0.15) is 0 Å². The van der Waals surface area contributed by atoms with Crippen molar-refractivity contribution in [1.29, 1.82) is 0 Å². The Morgan fingerprint density at radius 3 is 1.53 bits per heavy atom. The van der Waals surface area contributed by atoms with Crippen molar-refractivity contribution in [3.05, 3.63) is 60.8 Å². The van der Waals surface area contributed by atoms with Crippen LogP contribution in [0.1, 0.15) is 155 Å². The Bertz CT molecular complexity index is 1070. The van der Waals surface area contributed by atoms with Gasteiger partial charge in [-0.25, -0.2) is 4.57 Å². The van der Waals surface area contributed by atoms with Crippen molar-refractivity contribution in [2.75, 3.05) is 26.4 Å². The number of carbonyl (C=O) groups excluding carboxylic acids is 1. The largest absolute Gasteiger partial charge is 0.480 e. The minimum Gasteiger partial charge on any atom is -0.480 e. The van der Waals surface area contributed by atoms with Crippen molar-refractivity contribution in [3.63, 3.8) is 0 Å². The topological polar surface area (TPSA) is 155 Å². The summed E-state index contributed by atoms with van der Waals surface area (Å²) in [4.78, 5) is 33.4. The fourth-order valence-corrected chi connectivity index (χ4v) is 5.97. The second-order valence-corrected chi connectivity index (χ2v) is 14.8. The smallest absolute Gasteiger partial charge is 0.472 e. The van der Waals surface area contributed by atoms with E-state index in [1.165, 1.54) is 70.6 Å². The molecule has 0 aromatic rings. The van der Waals surface area contributed by atoms with Crippen LogP contribution in [0.2, 0.25) is 0 Å². The van der Waals surface area contributed by atoms with Gasteiger partial charge >= 0.3 is 19.8 Å². The van der Waals surface area contributed by atoms with E-state index >= 15 is 0 Å². The molecule has 11 heteroatoms. The van der Waals surface area contributed by atoms with Gasteiger partial charge in [-0.3, -0.25) is 18.6 Å². The van der Waals surface area contributed by atoms with Gasteiger partial charge in [0.15, 0.2) is 0 Å². The van der Waals surface area contributed by atoms with E-state index in [9.17, 15) is 19.0 Å². The number of phosphoric acid groups is 1. The van der Waals surface area contributed by atoms with Gasteiger partial charge in [-0.05, 0) is 44.9 Å². The minimum absolute atomic E-state index is 0.0378. The van der Waals surface area contributed by atoms with E-state index in [0.29, 0.717) is 19.4 Å². The third-order valence-corrected chi connectivity index (χ3v) is 9.28. The summed E-state index contributed by atoms with van der Waals surface area (Å²) in [6, 6.07) is -1.48. The number of hydrogen-bond acceptors (Lipinski definition) is 8. The third-order valence-electron chi connectivity index (χ3n) is 8.33. The average molecular weight is 768 g/mol. The van der Waals surface area contributed by atoms with Gasteiger partial charge in [0.1, 0.15) is 12.1 Å². The van der Waals surface area contributed by atoms with Crippen molar-refractivity contribution < 1.29 is 42.7 Å². The first-order valence-electron chi connectivity index (χ1n) is 20.3. The summed E-state index contributed by atoms with van der Waals surface area (Å²) in [5.74, 6) is -1.81. The van der Waals surface area contributed by atoms with Crippen LogP contribution in [0.5, 0.6) is 0 Å². The first-order valence-corrected chi connectivity index (χ1v) is 21.8. The van der Waals surface area contributed by atoms with Crippen LogP contribution >= 0.6 is 7.82 Å². The van der Waals surface area contributed by atoms with E-state index in [2.05, 4.69) is 73.1 Å². The second-order valence-electron chi connectivity index (χ2n) is 13.4. The molecule has 3 atom stereocenters. The number of esters is 1. The predicted octanol–water partition coefficient (Wildman–Crippen LogP) is 10.9. The van der Waals surface area contributed by atoms with Gasteiger partial charge in [0.05, 0.1) is 26.4 Å². The lowest BCUT2D eigenvalue weighted by atomic mass is 10.0. The highest BCUT2D eigenvalue weighted by Crippen LogP contribution is 2.43. The average Bonchev–Trinajstić information content (AvgIpc) is 3.13. The lowest BCUT2D eigenvalue weighted by Crippen LogP contribution is -2.34. The Morgan fingerprint density at radius 2 is 1.06 bits per heavy atom. The Morgan fingerprint density at radius 1 is 0.623 bits per heavy atom. The highest BCUT2D eigenvalue weighted by atomic mass is 31.2. The number of carbonyl (C=O) groups is 2. The summed E-state index contributed by atoms with van der Waals surface area (Å²) >= 11 is 0. The quantitative estimate of drug-likeness (QED) is 0.0239. The molecule has 53 heavy (non-hydrogen) atoms. The SMILES string of the molecule is CC/C=C\C/C=C\C/C=C\C/C=C\C/C=C\CCOCC(COP(=O)(O)OCC(N)C(=O)O)OC(=O)CCCCCCCCCCCCCCCCC. The number of carboxylic acid groups (broad SMARTS) is 1. The van der Waals surface area contributed by atoms with Gasteiger partial charge in [-0.15, -0.1) is 0 Å². The van der Waals surface area contributed by atoms with Gasteiger partial charge in [0.25, 0.3) is 0 Å². The molecule has 0 aromatic heterocycles. The Kier molecular flexibility index (Phi) is 36.3. The van der Waals surface area contributed by atoms with Crippen LogP contribution in [-0.2, 0) is 32.7 Å². The summed E-state index contributed by atoms with van der Waals surface area (Å²) in [6.45, 7) is 3.54. The molecule has 0 bridgehead atoms. The standard InChI is InChI=1S/C42H74NO9P/c1-3-5-7-9-11-13-15-17-19-21-23-25-27-29-31-33-35-49-36-39(37-50-53(47,48)51-38-40(43)42(45)46)52-41(44)34-32-30-28-26-24-22-20-18-16-14-12-10-8-6-4-2/h5,7,11,13,17,19,23,25,29,31,39-40H,3-4,6,8-10,12,14-16,18,20-22,24,26-28,30,32-38,43H2,1-2H3,(H,45,46)(H,47,48)/b7-5-,13-11-,19-17-,25-23-,31-29-. The number of nitrogens with two attached hydrogens (primary N) is 1. The van der Waals surface area contributed by atoms with Gasteiger partial charge in [0, 0.05) is 6.42 Å². The molecule has 4 N–H and O–H groups in total. The summed E-state index contributed by atoms with van der Waals surface area (Å²) in [5.41, 5.74) is 5.34. The van der Waals surface area contributed by atoms with Gasteiger partial charge in [-0.1, -0.05) is 164 Å². The molecule has 0 aliphatic heterocycles. The number of hydrogen-bond donors (Lipinski definition) is 3. The number of carboxylic acids is 1. The summed E-state index contributed by atoms with van der Waals surface area (Å²) < 4.78 is 33.2. The van der Waals surface area contributed by atoms with Crippen molar-refractivity contribution in [2.24, 2.45) is 5.73 Å². The van der Waals surface area contributed by atoms with E-state index < -0.39 is 45.1 Å². The number of phosphoric ester groups is 1. The Balaban J connectivity index is 4.39. The van der Waals surface area contributed by atoms with Crippen LogP contribution < -0.4 is 5.73 Å².